The molecule has 4 heteroatoms. The number of carbonyl (C=O) groups is 1. The van der Waals surface area contributed by atoms with Gasteiger partial charge < -0.3 is 4.90 Å². The molecule has 1 fully saturated rings. The van der Waals surface area contributed by atoms with Crippen LogP contribution in [-0.2, 0) is 0 Å². The van der Waals surface area contributed by atoms with Gasteiger partial charge in [0.1, 0.15) is 0 Å². The number of anilines is 1. The molecule has 2 atom stereocenters. The normalized spacial score (nSPS) is 20.7. The third-order valence-corrected chi connectivity index (χ3v) is 6.90. The summed E-state index contributed by atoms with van der Waals surface area (Å²) in [6.07, 6.45) is 5.37. The molecule has 0 N–H and O–H groups in total. The summed E-state index contributed by atoms with van der Waals surface area (Å²) in [5.74, 6) is 0.170. The Labute approximate surface area is 202 Å². The molecule has 3 aromatic rings. The molecule has 1 aliphatic carbocycles. The monoisotopic (exact) mass is 449 g/mol. The van der Waals surface area contributed by atoms with Crippen LogP contribution in [0, 0.1) is 12.8 Å². The van der Waals surface area contributed by atoms with E-state index in [2.05, 4.69) is 61.5 Å². The molecule has 1 saturated carbocycles. The second-order valence-corrected chi connectivity index (χ2v) is 9.51. The Morgan fingerprint density at radius 3 is 2.35 bits per heavy atom. The molecular formula is C30H31N3O. The average molecular weight is 450 g/mol. The van der Waals surface area contributed by atoms with E-state index < -0.39 is 0 Å². The largest absolute Gasteiger partial charge is 0.378 e. The number of hydrazone groups is 1. The van der Waals surface area contributed by atoms with Crippen molar-refractivity contribution in [3.63, 3.8) is 0 Å². The van der Waals surface area contributed by atoms with Crippen LogP contribution in [0.4, 0.5) is 5.69 Å². The second kappa shape index (κ2) is 9.30. The van der Waals surface area contributed by atoms with E-state index in [0.29, 0.717) is 5.56 Å². The maximum atomic E-state index is 13.6. The summed E-state index contributed by atoms with van der Waals surface area (Å²) in [5, 5.41) is 6.76. The molecule has 1 heterocycles. The van der Waals surface area contributed by atoms with Crippen molar-refractivity contribution >= 4 is 23.4 Å². The first-order valence-corrected chi connectivity index (χ1v) is 12.0. The third-order valence-electron chi connectivity index (χ3n) is 6.90. The second-order valence-electron chi connectivity index (χ2n) is 9.51. The van der Waals surface area contributed by atoms with E-state index in [9.17, 15) is 4.79 Å². The predicted molar refractivity (Wildman–Crippen MR) is 140 cm³/mol. The Bertz CT molecular complexity index is 1220. The Morgan fingerprint density at radius 2 is 1.68 bits per heavy atom. The lowest BCUT2D eigenvalue weighted by molar-refractivity contribution is 0.0681. The molecule has 0 radical (unpaired) electrons. The average Bonchev–Trinajstić information content (AvgIpc) is 3.25. The highest BCUT2D eigenvalue weighted by Crippen LogP contribution is 2.44. The number of allylic oxidation sites excluding steroid dienone is 1. The number of amides is 1. The maximum Gasteiger partial charge on any atom is 0.274 e. The molecular weight excluding hydrogens is 418 g/mol. The lowest BCUT2D eigenvalue weighted by Crippen LogP contribution is -2.31. The SMILES string of the molecule is Cc1ccc(C(=O)N2N=C3/C(=C\c4ccc(N(C)C)cc4)CCCC3C2c2ccccc2)cc1. The number of rotatable bonds is 4. The van der Waals surface area contributed by atoms with Crippen molar-refractivity contribution in [2.45, 2.75) is 32.2 Å². The van der Waals surface area contributed by atoms with Gasteiger partial charge in [-0.15, -0.1) is 0 Å². The fourth-order valence-corrected chi connectivity index (χ4v) is 5.05. The van der Waals surface area contributed by atoms with E-state index in [1.807, 2.05) is 49.4 Å². The number of benzene rings is 3. The van der Waals surface area contributed by atoms with E-state index in [4.69, 9.17) is 5.10 Å². The fraction of sp³-hybridized carbons (Fsp3) is 0.267. The van der Waals surface area contributed by atoms with Crippen molar-refractivity contribution < 1.29 is 4.79 Å². The van der Waals surface area contributed by atoms with Crippen LogP contribution < -0.4 is 4.90 Å². The smallest absolute Gasteiger partial charge is 0.274 e. The molecule has 3 aromatic carbocycles. The number of hydrogen-bond donors (Lipinski definition) is 0. The number of carbonyl (C=O) groups excluding carboxylic acids is 1. The first kappa shape index (κ1) is 22.1. The molecule has 172 valence electrons. The Morgan fingerprint density at radius 1 is 0.971 bits per heavy atom. The Balaban J connectivity index is 1.53. The quantitative estimate of drug-likeness (QED) is 0.456. The van der Waals surface area contributed by atoms with Crippen LogP contribution in [0.15, 0.2) is 89.5 Å². The minimum Gasteiger partial charge on any atom is -0.378 e. The van der Waals surface area contributed by atoms with Crippen LogP contribution in [0.1, 0.15) is 52.4 Å². The van der Waals surface area contributed by atoms with E-state index in [-0.39, 0.29) is 17.9 Å². The van der Waals surface area contributed by atoms with Gasteiger partial charge in [-0.2, -0.15) is 5.10 Å². The van der Waals surface area contributed by atoms with Crippen molar-refractivity contribution in [1.29, 1.82) is 0 Å². The topological polar surface area (TPSA) is 35.9 Å². The van der Waals surface area contributed by atoms with Gasteiger partial charge in [0.15, 0.2) is 0 Å². The molecule has 0 spiro atoms. The van der Waals surface area contributed by atoms with Gasteiger partial charge in [0.2, 0.25) is 0 Å². The van der Waals surface area contributed by atoms with Crippen molar-refractivity contribution in [2.24, 2.45) is 11.0 Å². The highest BCUT2D eigenvalue weighted by molar-refractivity contribution is 6.09. The van der Waals surface area contributed by atoms with Crippen molar-refractivity contribution in [3.8, 4) is 0 Å². The van der Waals surface area contributed by atoms with Gasteiger partial charge in [0, 0.05) is 31.3 Å². The number of fused-ring (bicyclic) bond motifs is 1. The minimum atomic E-state index is -0.0789. The van der Waals surface area contributed by atoms with Gasteiger partial charge >= 0.3 is 0 Å². The minimum absolute atomic E-state index is 0.0366. The Hall–Kier alpha value is -3.66. The molecule has 1 amide bonds. The molecule has 0 bridgehead atoms. The van der Waals surface area contributed by atoms with Crippen LogP contribution in [0.25, 0.3) is 6.08 Å². The first-order chi connectivity index (χ1) is 16.5. The number of hydrogen-bond acceptors (Lipinski definition) is 3. The van der Waals surface area contributed by atoms with Crippen LogP contribution in [0.5, 0.6) is 0 Å². The molecule has 2 aliphatic rings. The summed E-state index contributed by atoms with van der Waals surface area (Å²) in [4.78, 5) is 15.8. The van der Waals surface area contributed by atoms with Crippen LogP contribution >= 0.6 is 0 Å². The maximum absolute atomic E-state index is 13.6. The summed E-state index contributed by atoms with van der Waals surface area (Å²) >= 11 is 0. The Kier molecular flexibility index (Phi) is 6.06. The van der Waals surface area contributed by atoms with Gasteiger partial charge in [0.25, 0.3) is 5.91 Å². The van der Waals surface area contributed by atoms with Crippen LogP contribution in [0.2, 0.25) is 0 Å². The van der Waals surface area contributed by atoms with Crippen LogP contribution in [0.3, 0.4) is 0 Å². The zero-order chi connectivity index (χ0) is 23.7. The lowest BCUT2D eigenvalue weighted by atomic mass is 9.77. The van der Waals surface area contributed by atoms with E-state index in [1.165, 1.54) is 16.8 Å². The van der Waals surface area contributed by atoms with Gasteiger partial charge in [0.05, 0.1) is 11.8 Å². The van der Waals surface area contributed by atoms with Gasteiger partial charge in [-0.1, -0.05) is 60.2 Å². The summed E-state index contributed by atoms with van der Waals surface area (Å²) in [7, 11) is 4.10. The lowest BCUT2D eigenvalue weighted by Gasteiger charge is -2.29. The van der Waals surface area contributed by atoms with E-state index in [1.54, 1.807) is 5.01 Å². The fourth-order valence-electron chi connectivity index (χ4n) is 5.05. The zero-order valence-electron chi connectivity index (χ0n) is 20.1. The van der Waals surface area contributed by atoms with Gasteiger partial charge in [-0.25, -0.2) is 5.01 Å². The molecule has 4 nitrogen and oxygen atoms in total. The molecule has 2 unspecified atom stereocenters. The summed E-state index contributed by atoms with van der Waals surface area (Å²) in [5.41, 5.74) is 7.63. The number of aryl methyl sites for hydroxylation is 1. The number of nitrogens with zero attached hydrogens (tertiary/aromatic N) is 3. The molecule has 0 aromatic heterocycles. The highest BCUT2D eigenvalue weighted by atomic mass is 16.2. The van der Waals surface area contributed by atoms with Crippen LogP contribution in [-0.4, -0.2) is 30.7 Å². The van der Waals surface area contributed by atoms with E-state index in [0.717, 1.165) is 36.1 Å². The van der Waals surface area contributed by atoms with Crippen molar-refractivity contribution in [1.82, 2.24) is 5.01 Å². The predicted octanol–water partition coefficient (Wildman–Crippen LogP) is 6.50. The zero-order valence-corrected chi connectivity index (χ0v) is 20.1. The summed E-state index contributed by atoms with van der Waals surface area (Å²) in [6.45, 7) is 2.04. The molecule has 1 aliphatic heterocycles. The molecule has 5 rings (SSSR count). The molecule has 34 heavy (non-hydrogen) atoms. The highest BCUT2D eigenvalue weighted by Gasteiger charge is 2.43. The van der Waals surface area contributed by atoms with Gasteiger partial charge in [-0.05, 0) is 73.2 Å². The summed E-state index contributed by atoms with van der Waals surface area (Å²) in [6, 6.07) is 26.7. The van der Waals surface area contributed by atoms with Gasteiger partial charge in [-0.3, -0.25) is 4.79 Å². The van der Waals surface area contributed by atoms with E-state index >= 15 is 0 Å². The standard InChI is InChI=1S/C30H31N3O/c1-21-12-16-24(17-13-21)30(34)33-29(23-8-5-4-6-9-23)27-11-7-10-25(28(27)31-33)20-22-14-18-26(19-15-22)32(2)3/h4-6,8-9,12-20,27,29H,7,10-11H2,1-3H3/b25-20-. The summed E-state index contributed by atoms with van der Waals surface area (Å²) < 4.78 is 0. The van der Waals surface area contributed by atoms with Crippen molar-refractivity contribution in [3.05, 3.63) is 107 Å². The third kappa shape index (κ3) is 4.28. The first-order valence-electron chi connectivity index (χ1n) is 12.0. The molecule has 0 saturated heterocycles. The van der Waals surface area contributed by atoms with Crippen molar-refractivity contribution in [2.75, 3.05) is 19.0 Å².